The van der Waals surface area contributed by atoms with Gasteiger partial charge in [0.1, 0.15) is 11.2 Å². The first-order valence-corrected chi connectivity index (χ1v) is 13.8. The third-order valence-corrected chi connectivity index (χ3v) is 8.37. The van der Waals surface area contributed by atoms with Crippen molar-refractivity contribution in [2.45, 2.75) is 11.2 Å². The summed E-state index contributed by atoms with van der Waals surface area (Å²) in [5.41, 5.74) is 13.1. The molecule has 0 fully saturated rings. The van der Waals surface area contributed by atoms with Crippen LogP contribution in [-0.2, 0) is 11.2 Å². The maximum Gasteiger partial charge on any atom is 0.141 e. The van der Waals surface area contributed by atoms with E-state index < -0.39 is 11.2 Å². The summed E-state index contributed by atoms with van der Waals surface area (Å²) in [6.45, 7) is 0. The number of anilines is 1. The molecule has 198 valence electrons. The van der Waals surface area contributed by atoms with Crippen LogP contribution >= 0.6 is 0 Å². The van der Waals surface area contributed by atoms with Crippen molar-refractivity contribution >= 4 is 5.69 Å². The molecule has 0 heterocycles. The number of aliphatic hydroxyl groups is 2. The van der Waals surface area contributed by atoms with Crippen LogP contribution in [0.2, 0.25) is 0 Å². The van der Waals surface area contributed by atoms with Crippen molar-refractivity contribution in [3.63, 3.8) is 0 Å². The fraction of sp³-hybridized carbons (Fsp3) is 0.0526. The van der Waals surface area contributed by atoms with Gasteiger partial charge in [-0.05, 0) is 45.5 Å². The summed E-state index contributed by atoms with van der Waals surface area (Å²) in [5.74, 6) is 0. The Morgan fingerprint density at radius 2 is 0.610 bits per heavy atom. The van der Waals surface area contributed by atoms with E-state index in [1.807, 2.05) is 127 Å². The summed E-state index contributed by atoms with van der Waals surface area (Å²) in [4.78, 5) is 0. The number of benzene rings is 6. The zero-order valence-corrected chi connectivity index (χ0v) is 22.4. The third-order valence-electron chi connectivity index (χ3n) is 8.37. The molecule has 41 heavy (non-hydrogen) atoms. The van der Waals surface area contributed by atoms with Gasteiger partial charge in [0.2, 0.25) is 0 Å². The molecule has 0 bridgehead atoms. The van der Waals surface area contributed by atoms with Gasteiger partial charge in [-0.2, -0.15) is 0 Å². The molecule has 2 aliphatic carbocycles. The topological polar surface area (TPSA) is 66.5 Å². The number of para-hydroxylation sites is 1. The Morgan fingerprint density at radius 3 is 0.878 bits per heavy atom. The van der Waals surface area contributed by atoms with Gasteiger partial charge in [-0.25, -0.2) is 0 Å². The molecule has 2 aliphatic rings. The van der Waals surface area contributed by atoms with E-state index >= 15 is 0 Å². The molecule has 6 aromatic carbocycles. The van der Waals surface area contributed by atoms with E-state index in [1.54, 1.807) is 0 Å². The van der Waals surface area contributed by atoms with Crippen molar-refractivity contribution < 1.29 is 10.2 Å². The summed E-state index contributed by atoms with van der Waals surface area (Å²) in [7, 11) is 0. The van der Waals surface area contributed by atoms with Crippen LogP contribution in [0.25, 0.3) is 22.3 Å². The smallest absolute Gasteiger partial charge is 0.141 e. The van der Waals surface area contributed by atoms with Gasteiger partial charge < -0.3 is 15.9 Å². The number of nitrogens with two attached hydrogens (primary N) is 1. The summed E-state index contributed by atoms with van der Waals surface area (Å²) in [5, 5.41) is 24.3. The summed E-state index contributed by atoms with van der Waals surface area (Å²) < 4.78 is 0. The normalized spacial score (nSPS) is 14.6. The molecule has 0 amide bonds. The fourth-order valence-corrected chi connectivity index (χ4v) is 6.45. The Morgan fingerprint density at radius 1 is 0.341 bits per heavy atom. The van der Waals surface area contributed by atoms with Gasteiger partial charge in [-0.1, -0.05) is 140 Å². The molecule has 0 aromatic heterocycles. The molecule has 3 nitrogen and oxygen atoms in total. The molecule has 6 aromatic rings. The van der Waals surface area contributed by atoms with Gasteiger partial charge in [-0.15, -0.1) is 0 Å². The highest BCUT2D eigenvalue weighted by atomic mass is 16.3. The second-order valence-electron chi connectivity index (χ2n) is 10.6. The van der Waals surface area contributed by atoms with Crippen LogP contribution in [-0.4, -0.2) is 10.2 Å². The van der Waals surface area contributed by atoms with E-state index in [0.29, 0.717) is 0 Å². The predicted octanol–water partition coefficient (Wildman–Crippen LogP) is 7.48. The third kappa shape index (κ3) is 3.75. The minimum Gasteiger partial charge on any atom is -0.399 e. The molecule has 3 heteroatoms. The first-order chi connectivity index (χ1) is 20.0. The quantitative estimate of drug-likeness (QED) is 0.203. The van der Waals surface area contributed by atoms with E-state index in [9.17, 15) is 10.2 Å². The van der Waals surface area contributed by atoms with Crippen LogP contribution in [0, 0.1) is 0 Å². The monoisotopic (exact) mass is 531 g/mol. The highest BCUT2D eigenvalue weighted by Crippen LogP contribution is 2.53. The van der Waals surface area contributed by atoms with Crippen LogP contribution in [0.5, 0.6) is 0 Å². The first-order valence-electron chi connectivity index (χ1n) is 13.8. The van der Waals surface area contributed by atoms with Crippen molar-refractivity contribution in [1.82, 2.24) is 0 Å². The second-order valence-corrected chi connectivity index (χ2v) is 10.6. The minimum atomic E-state index is -1.24. The average molecular weight is 532 g/mol. The van der Waals surface area contributed by atoms with Gasteiger partial charge in [0.15, 0.2) is 0 Å². The number of fused-ring (bicyclic) bond motifs is 6. The zero-order valence-electron chi connectivity index (χ0n) is 22.4. The Bertz CT molecular complexity index is 1660. The largest absolute Gasteiger partial charge is 0.399 e. The standard InChI is InChI=1S/C32H22O2.C6H7N/c33-31(27-13-5-1-9-23(27)24-10-2-6-14-28(24)31)21-17-19-22(20-18-21)32(34)29-15-7-3-11-25(29)26-12-4-8-16-30(26)32;7-6-4-2-1-3-5-6/h1-20,33-34H;1-5H,7H2. The summed E-state index contributed by atoms with van der Waals surface area (Å²) in [6.07, 6.45) is 0. The highest BCUT2D eigenvalue weighted by Gasteiger charge is 2.45. The van der Waals surface area contributed by atoms with Crippen LogP contribution in [0.15, 0.2) is 152 Å². The van der Waals surface area contributed by atoms with Gasteiger partial charge in [0, 0.05) is 27.9 Å². The number of rotatable bonds is 2. The van der Waals surface area contributed by atoms with Crippen LogP contribution in [0.3, 0.4) is 0 Å². The molecule has 0 unspecified atom stereocenters. The number of nitrogen functional groups attached to an aromatic ring is 1. The van der Waals surface area contributed by atoms with Crippen LogP contribution < -0.4 is 5.73 Å². The lowest BCUT2D eigenvalue weighted by Gasteiger charge is -2.29. The van der Waals surface area contributed by atoms with Gasteiger partial charge >= 0.3 is 0 Å². The molecule has 0 saturated heterocycles. The Kier molecular flexibility index (Phi) is 5.86. The van der Waals surface area contributed by atoms with E-state index in [4.69, 9.17) is 5.73 Å². The van der Waals surface area contributed by atoms with Crippen molar-refractivity contribution in [3.05, 3.63) is 185 Å². The average Bonchev–Trinajstić information content (AvgIpc) is 3.46. The van der Waals surface area contributed by atoms with E-state index in [1.165, 1.54) is 0 Å². The molecule has 0 saturated carbocycles. The summed E-state index contributed by atoms with van der Waals surface area (Å²) in [6, 6.07) is 49.5. The van der Waals surface area contributed by atoms with Gasteiger partial charge in [0.05, 0.1) is 0 Å². The maximum absolute atomic E-state index is 12.1. The minimum absolute atomic E-state index is 0.789. The SMILES string of the molecule is Nc1ccccc1.OC1(c2ccc(C3(O)c4ccccc4-c4ccccc43)cc2)c2ccccc2-c2ccccc21. The van der Waals surface area contributed by atoms with Crippen molar-refractivity contribution in [1.29, 1.82) is 0 Å². The molecule has 0 atom stereocenters. The predicted molar refractivity (Wildman–Crippen MR) is 165 cm³/mol. The summed E-state index contributed by atoms with van der Waals surface area (Å²) >= 11 is 0. The van der Waals surface area contributed by atoms with Crippen LogP contribution in [0.1, 0.15) is 33.4 Å². The molecule has 8 rings (SSSR count). The number of hydrogen-bond donors (Lipinski definition) is 3. The first kappa shape index (κ1) is 25.0. The Hall–Kier alpha value is -4.96. The molecule has 0 radical (unpaired) electrons. The highest BCUT2D eigenvalue weighted by molar-refractivity contribution is 5.83. The molecular formula is C38H29NO2. The Balaban J connectivity index is 0.000000348. The molecule has 0 spiro atoms. The number of hydrogen-bond acceptors (Lipinski definition) is 3. The van der Waals surface area contributed by atoms with Crippen molar-refractivity contribution in [3.8, 4) is 22.3 Å². The molecule has 0 aliphatic heterocycles. The molecular weight excluding hydrogens is 502 g/mol. The zero-order chi connectivity index (χ0) is 28.0. The van der Waals surface area contributed by atoms with Crippen LogP contribution in [0.4, 0.5) is 5.69 Å². The lowest BCUT2D eigenvalue weighted by atomic mass is 9.80. The van der Waals surface area contributed by atoms with Gasteiger partial charge in [0.25, 0.3) is 0 Å². The van der Waals surface area contributed by atoms with Crippen molar-refractivity contribution in [2.24, 2.45) is 0 Å². The lowest BCUT2D eigenvalue weighted by Crippen LogP contribution is -2.28. The van der Waals surface area contributed by atoms with Gasteiger partial charge in [-0.3, -0.25) is 0 Å². The lowest BCUT2D eigenvalue weighted by molar-refractivity contribution is 0.126. The molecule has 4 N–H and O–H groups in total. The van der Waals surface area contributed by atoms with E-state index in [0.717, 1.165) is 61.3 Å². The fourth-order valence-electron chi connectivity index (χ4n) is 6.45. The Labute approximate surface area is 239 Å². The van der Waals surface area contributed by atoms with E-state index in [-0.39, 0.29) is 0 Å². The second kappa shape index (κ2) is 9.60. The van der Waals surface area contributed by atoms with E-state index in [2.05, 4.69) is 24.3 Å². The maximum atomic E-state index is 12.1. The van der Waals surface area contributed by atoms with Crippen molar-refractivity contribution in [2.75, 3.05) is 5.73 Å².